The van der Waals surface area contributed by atoms with Crippen LogP contribution in [-0.4, -0.2) is 6.71 Å². The van der Waals surface area contributed by atoms with Gasteiger partial charge in [0.15, 0.2) is 0 Å². The summed E-state index contributed by atoms with van der Waals surface area (Å²) in [5.74, 6) is 0. The molecule has 0 radical (unpaired) electrons. The first-order chi connectivity index (χ1) is 16.6. The van der Waals surface area contributed by atoms with E-state index in [0.717, 1.165) is 12.8 Å². The number of fused-ring (bicyclic) bond motifs is 2. The molecule has 4 aliphatic carbocycles. The van der Waals surface area contributed by atoms with Gasteiger partial charge in [0.25, 0.3) is 0 Å². The number of hydrogen-bond acceptors (Lipinski definition) is 0. The fourth-order valence-corrected chi connectivity index (χ4v) is 6.23. The van der Waals surface area contributed by atoms with Crippen molar-refractivity contribution in [1.82, 2.24) is 0 Å². The van der Waals surface area contributed by atoms with Crippen molar-refractivity contribution >= 4 is 17.9 Å². The van der Waals surface area contributed by atoms with E-state index < -0.39 is 0 Å². The van der Waals surface area contributed by atoms with Crippen LogP contribution in [0, 0.1) is 0 Å². The molecule has 0 spiro atoms. The highest BCUT2D eigenvalue weighted by Crippen LogP contribution is 2.48. The standard InChI is InChI=1S/C33H29B/c1-22-20-30-26(24-12-6-4-7-13-24)16-10-18-28(30)32(22)34(3)33-23(2)21-31-27(17-11-19-29(31)33)25-14-8-5-9-15-25/h4-9,12-21H,10-11H2,1-3H3. The van der Waals surface area contributed by atoms with Crippen molar-refractivity contribution in [2.75, 3.05) is 0 Å². The summed E-state index contributed by atoms with van der Waals surface area (Å²) in [6.07, 6.45) is 16.4. The van der Waals surface area contributed by atoms with Crippen LogP contribution in [0.15, 0.2) is 142 Å². The van der Waals surface area contributed by atoms with Crippen molar-refractivity contribution in [3.63, 3.8) is 0 Å². The van der Waals surface area contributed by atoms with Gasteiger partial charge in [-0.2, -0.15) is 0 Å². The Morgan fingerprint density at radius 1 is 0.500 bits per heavy atom. The molecule has 0 aliphatic heterocycles. The van der Waals surface area contributed by atoms with E-state index in [4.69, 9.17) is 0 Å². The highest BCUT2D eigenvalue weighted by atomic mass is 14.3. The van der Waals surface area contributed by atoms with Crippen LogP contribution in [0.2, 0.25) is 6.82 Å². The van der Waals surface area contributed by atoms with Gasteiger partial charge in [0.05, 0.1) is 0 Å². The number of benzene rings is 2. The van der Waals surface area contributed by atoms with E-state index in [-0.39, 0.29) is 0 Å². The van der Waals surface area contributed by atoms with Gasteiger partial charge in [-0.1, -0.05) is 126 Å². The maximum Gasteiger partial charge on any atom is 0.208 e. The minimum Gasteiger partial charge on any atom is -0.0773 e. The summed E-state index contributed by atoms with van der Waals surface area (Å²) in [4.78, 5) is 0. The Bertz CT molecular complexity index is 1320. The van der Waals surface area contributed by atoms with Crippen LogP contribution >= 0.6 is 0 Å². The number of allylic oxidation sites excluding steroid dienone is 16. The Morgan fingerprint density at radius 2 is 0.882 bits per heavy atom. The zero-order valence-electron chi connectivity index (χ0n) is 20.2. The van der Waals surface area contributed by atoms with Crippen molar-refractivity contribution in [2.24, 2.45) is 0 Å². The summed E-state index contributed by atoms with van der Waals surface area (Å²) in [7, 11) is 0. The predicted molar refractivity (Wildman–Crippen MR) is 147 cm³/mol. The molecule has 0 N–H and O–H groups in total. The monoisotopic (exact) mass is 436 g/mol. The van der Waals surface area contributed by atoms with Crippen molar-refractivity contribution in [3.8, 4) is 0 Å². The molecule has 0 saturated carbocycles. The smallest absolute Gasteiger partial charge is 0.0773 e. The lowest BCUT2D eigenvalue weighted by atomic mass is 9.37. The third-order valence-electron chi connectivity index (χ3n) is 7.64. The molecule has 6 rings (SSSR count). The minimum absolute atomic E-state index is 0.352. The van der Waals surface area contributed by atoms with Crippen molar-refractivity contribution in [2.45, 2.75) is 33.5 Å². The van der Waals surface area contributed by atoms with Crippen LogP contribution in [0.1, 0.15) is 37.8 Å². The van der Waals surface area contributed by atoms with E-state index in [1.165, 1.54) is 66.7 Å². The van der Waals surface area contributed by atoms with E-state index in [1.807, 2.05) is 0 Å². The fraction of sp³-hybridized carbons (Fsp3) is 0.152. The zero-order valence-corrected chi connectivity index (χ0v) is 20.2. The Labute approximate surface area is 203 Å². The van der Waals surface area contributed by atoms with Gasteiger partial charge >= 0.3 is 0 Å². The molecule has 1 heteroatoms. The maximum atomic E-state index is 2.43. The molecule has 34 heavy (non-hydrogen) atoms. The lowest BCUT2D eigenvalue weighted by Crippen LogP contribution is -2.20. The van der Waals surface area contributed by atoms with Crippen LogP contribution < -0.4 is 0 Å². The van der Waals surface area contributed by atoms with E-state index in [2.05, 4.69) is 118 Å². The second-order valence-corrected chi connectivity index (χ2v) is 9.71. The van der Waals surface area contributed by atoms with Crippen LogP contribution in [-0.2, 0) is 0 Å². The third kappa shape index (κ3) is 3.31. The summed E-state index contributed by atoms with van der Waals surface area (Å²) in [6.45, 7) is 7.35. The molecule has 0 amide bonds. The maximum absolute atomic E-state index is 2.43. The highest BCUT2D eigenvalue weighted by Gasteiger charge is 2.36. The average molecular weight is 436 g/mol. The topological polar surface area (TPSA) is 0 Å². The van der Waals surface area contributed by atoms with Gasteiger partial charge in [0, 0.05) is 0 Å². The summed E-state index contributed by atoms with van der Waals surface area (Å²) in [6, 6.07) is 21.7. The summed E-state index contributed by atoms with van der Waals surface area (Å²) < 4.78 is 0. The first-order valence-electron chi connectivity index (χ1n) is 12.4. The third-order valence-corrected chi connectivity index (χ3v) is 7.64. The van der Waals surface area contributed by atoms with Crippen molar-refractivity contribution < 1.29 is 0 Å². The van der Waals surface area contributed by atoms with Gasteiger partial charge in [0.1, 0.15) is 0 Å². The van der Waals surface area contributed by atoms with Crippen molar-refractivity contribution in [3.05, 3.63) is 153 Å². The van der Waals surface area contributed by atoms with E-state index in [1.54, 1.807) is 0 Å². The Morgan fingerprint density at radius 3 is 1.29 bits per heavy atom. The normalized spacial score (nSPS) is 19.0. The first-order valence-corrected chi connectivity index (χ1v) is 12.4. The van der Waals surface area contributed by atoms with Crippen molar-refractivity contribution in [1.29, 1.82) is 0 Å². The molecule has 0 heterocycles. The van der Waals surface area contributed by atoms with Gasteiger partial charge in [-0.15, -0.1) is 0 Å². The quantitative estimate of drug-likeness (QED) is 0.421. The van der Waals surface area contributed by atoms with Gasteiger partial charge < -0.3 is 0 Å². The Hall–Kier alpha value is -3.58. The van der Waals surface area contributed by atoms with E-state index in [9.17, 15) is 0 Å². The molecule has 0 aromatic heterocycles. The predicted octanol–water partition coefficient (Wildman–Crippen LogP) is 8.53. The fourth-order valence-electron chi connectivity index (χ4n) is 6.23. The molecule has 2 aromatic carbocycles. The molecular formula is C33H29B. The van der Waals surface area contributed by atoms with Gasteiger partial charge in [-0.3, -0.25) is 0 Å². The van der Waals surface area contributed by atoms with Crippen LogP contribution in [0.4, 0.5) is 0 Å². The minimum atomic E-state index is 0.352. The van der Waals surface area contributed by atoms with Gasteiger partial charge in [0.2, 0.25) is 6.71 Å². The van der Waals surface area contributed by atoms with Gasteiger partial charge in [-0.25, -0.2) is 0 Å². The largest absolute Gasteiger partial charge is 0.208 e. The van der Waals surface area contributed by atoms with E-state index in [0.29, 0.717) is 6.71 Å². The highest BCUT2D eigenvalue weighted by molar-refractivity contribution is 6.76. The zero-order chi connectivity index (χ0) is 23.2. The molecule has 0 bridgehead atoms. The molecule has 4 aliphatic rings. The average Bonchev–Trinajstić information content (AvgIpc) is 3.39. The second kappa shape index (κ2) is 8.33. The number of hydrogen-bond donors (Lipinski definition) is 0. The summed E-state index contributed by atoms with van der Waals surface area (Å²) >= 11 is 0. The second-order valence-electron chi connectivity index (χ2n) is 9.71. The van der Waals surface area contributed by atoms with Crippen LogP contribution in [0.25, 0.3) is 11.1 Å². The van der Waals surface area contributed by atoms with E-state index >= 15 is 0 Å². The molecule has 0 atom stereocenters. The summed E-state index contributed by atoms with van der Waals surface area (Å²) in [5.41, 5.74) is 16.8. The van der Waals surface area contributed by atoms with Crippen LogP contribution in [0.5, 0.6) is 0 Å². The Kier molecular flexibility index (Phi) is 5.14. The van der Waals surface area contributed by atoms with Crippen LogP contribution in [0.3, 0.4) is 0 Å². The van der Waals surface area contributed by atoms with Gasteiger partial charge in [-0.05, 0) is 71.3 Å². The summed E-state index contributed by atoms with van der Waals surface area (Å²) in [5, 5.41) is 0. The SMILES string of the molecule is CB(C1=C(C)C=C2C1=CCC=C2c1ccccc1)C1=C(C)C=C2C1=CCC=C2c1ccccc1. The lowest BCUT2D eigenvalue weighted by Gasteiger charge is -2.25. The Balaban J connectivity index is 1.32. The molecule has 0 unspecified atom stereocenters. The molecule has 164 valence electrons. The lowest BCUT2D eigenvalue weighted by molar-refractivity contribution is 1.29. The molecule has 0 saturated heterocycles. The molecule has 0 nitrogen and oxygen atoms in total. The molecule has 2 aromatic rings. The number of rotatable bonds is 4. The molecular weight excluding hydrogens is 407 g/mol. The molecule has 0 fully saturated rings. The first kappa shape index (κ1) is 21.0.